The average Bonchev–Trinajstić information content (AvgIpc) is 3.15. The zero-order valence-electron chi connectivity index (χ0n) is 19.6. The summed E-state index contributed by atoms with van der Waals surface area (Å²) in [4.78, 5) is 13.4. The molecule has 1 atom stereocenters. The molecule has 4 rings (SSSR count). The Hall–Kier alpha value is -3.36. The molecule has 1 heterocycles. The van der Waals surface area contributed by atoms with Crippen LogP contribution in [0.15, 0.2) is 70.0 Å². The number of amides is 1. The largest absolute Gasteiger partial charge is 0.495 e. The normalized spacial score (nSPS) is 12.9. The molecule has 0 saturated heterocycles. The minimum absolute atomic E-state index is 0.0798. The number of rotatable bonds is 8. The fourth-order valence-corrected chi connectivity index (χ4v) is 5.10. The maximum Gasteiger partial charge on any atom is 0.242 e. The first-order valence-electron chi connectivity index (χ1n) is 11.1. The van der Waals surface area contributed by atoms with Crippen LogP contribution in [-0.2, 0) is 14.8 Å². The Balaban J connectivity index is 1.64. The molecule has 8 heteroatoms. The summed E-state index contributed by atoms with van der Waals surface area (Å²) in [5.74, 6) is 0.0615. The molecule has 0 aliphatic carbocycles. The highest BCUT2D eigenvalue weighted by Gasteiger charge is 2.27. The van der Waals surface area contributed by atoms with Crippen molar-refractivity contribution in [2.45, 2.75) is 38.1 Å². The molecule has 1 amide bonds. The van der Waals surface area contributed by atoms with Crippen LogP contribution in [0.1, 0.15) is 25.8 Å². The number of fused-ring (bicyclic) bond motifs is 3. The minimum atomic E-state index is -3.89. The van der Waals surface area contributed by atoms with Crippen molar-refractivity contribution < 1.29 is 22.4 Å². The first-order valence-corrected chi connectivity index (χ1v) is 12.6. The molecule has 0 radical (unpaired) electrons. The van der Waals surface area contributed by atoms with Crippen LogP contribution in [0.5, 0.6) is 5.75 Å². The van der Waals surface area contributed by atoms with E-state index in [1.807, 2.05) is 51.1 Å². The summed E-state index contributed by atoms with van der Waals surface area (Å²) in [6, 6.07) is 16.7. The van der Waals surface area contributed by atoms with Crippen molar-refractivity contribution in [1.82, 2.24) is 4.72 Å². The molecule has 0 bridgehead atoms. The van der Waals surface area contributed by atoms with E-state index < -0.39 is 22.0 Å². The molecule has 34 heavy (non-hydrogen) atoms. The van der Waals surface area contributed by atoms with Crippen molar-refractivity contribution in [3.05, 3.63) is 66.2 Å². The van der Waals surface area contributed by atoms with Gasteiger partial charge in [-0.25, -0.2) is 8.42 Å². The zero-order chi connectivity index (χ0) is 24.5. The van der Waals surface area contributed by atoms with Gasteiger partial charge in [0.25, 0.3) is 0 Å². The highest BCUT2D eigenvalue weighted by atomic mass is 32.2. The summed E-state index contributed by atoms with van der Waals surface area (Å²) in [6.07, 6.45) is 0.326. The van der Waals surface area contributed by atoms with E-state index in [0.717, 1.165) is 21.9 Å². The second kappa shape index (κ2) is 9.48. The summed E-state index contributed by atoms with van der Waals surface area (Å²) in [5.41, 5.74) is 2.68. The maximum absolute atomic E-state index is 13.3. The van der Waals surface area contributed by atoms with Crippen LogP contribution in [0.4, 0.5) is 5.69 Å². The molecular formula is C26H28N2O5S. The van der Waals surface area contributed by atoms with Crippen molar-refractivity contribution in [2.75, 3.05) is 12.4 Å². The van der Waals surface area contributed by atoms with E-state index in [-0.39, 0.29) is 10.8 Å². The predicted octanol–water partition coefficient (Wildman–Crippen LogP) is 5.23. The van der Waals surface area contributed by atoms with Gasteiger partial charge in [0.1, 0.15) is 23.0 Å². The van der Waals surface area contributed by atoms with Gasteiger partial charge in [-0.05, 0) is 43.5 Å². The molecule has 178 valence electrons. The standard InChI is InChI=1S/C26H28N2O5S/c1-16(2)13-22(28-34(30,31)18-11-9-17(3)10-12-18)26(29)27-21-15-24-20(14-25(21)32-4)19-7-5-6-8-23(19)33-24/h5-12,14-16,22,28H,13H2,1-4H3,(H,27,29). The van der Waals surface area contributed by atoms with Crippen LogP contribution in [0, 0.1) is 12.8 Å². The SMILES string of the molecule is COc1cc2c(cc1NC(=O)C(CC(C)C)NS(=O)(=O)c1ccc(C)cc1)oc1ccccc12. The van der Waals surface area contributed by atoms with E-state index >= 15 is 0 Å². The van der Waals surface area contributed by atoms with Gasteiger partial charge in [0.05, 0.1) is 17.7 Å². The quantitative estimate of drug-likeness (QED) is 0.360. The first kappa shape index (κ1) is 23.8. The van der Waals surface area contributed by atoms with Crippen molar-refractivity contribution in [3.8, 4) is 5.75 Å². The number of sulfonamides is 1. The number of carbonyl (C=O) groups excluding carboxylic acids is 1. The fourth-order valence-electron chi connectivity index (χ4n) is 3.89. The smallest absolute Gasteiger partial charge is 0.242 e. The fraction of sp³-hybridized carbons (Fsp3) is 0.269. The molecule has 1 aromatic heterocycles. The third-order valence-corrected chi connectivity index (χ3v) is 7.10. The van der Waals surface area contributed by atoms with Crippen LogP contribution in [0.25, 0.3) is 21.9 Å². The summed E-state index contributed by atoms with van der Waals surface area (Å²) in [6.45, 7) is 5.74. The Kier molecular flexibility index (Phi) is 6.63. The van der Waals surface area contributed by atoms with Gasteiger partial charge in [0.2, 0.25) is 15.9 Å². The highest BCUT2D eigenvalue weighted by Crippen LogP contribution is 2.36. The van der Waals surface area contributed by atoms with Gasteiger partial charge < -0.3 is 14.5 Å². The number of methoxy groups -OCH3 is 1. The van der Waals surface area contributed by atoms with Gasteiger partial charge in [-0.1, -0.05) is 49.7 Å². The van der Waals surface area contributed by atoms with E-state index in [0.29, 0.717) is 23.4 Å². The predicted molar refractivity (Wildman–Crippen MR) is 134 cm³/mol. The number of ether oxygens (including phenoxy) is 1. The number of benzene rings is 3. The molecule has 0 spiro atoms. The Morgan fingerprint density at radius 1 is 1.00 bits per heavy atom. The molecule has 1 unspecified atom stereocenters. The number of nitrogens with one attached hydrogen (secondary N) is 2. The Bertz CT molecular complexity index is 1440. The van der Waals surface area contributed by atoms with Crippen LogP contribution in [0.3, 0.4) is 0 Å². The van der Waals surface area contributed by atoms with Crippen LogP contribution in [-0.4, -0.2) is 27.5 Å². The second-order valence-electron chi connectivity index (χ2n) is 8.75. The maximum atomic E-state index is 13.3. The van der Waals surface area contributed by atoms with Crippen molar-refractivity contribution in [1.29, 1.82) is 0 Å². The highest BCUT2D eigenvalue weighted by molar-refractivity contribution is 7.89. The monoisotopic (exact) mass is 480 g/mol. The van der Waals surface area contributed by atoms with Crippen LogP contribution < -0.4 is 14.8 Å². The lowest BCUT2D eigenvalue weighted by molar-refractivity contribution is -0.118. The topological polar surface area (TPSA) is 97.6 Å². The molecule has 7 nitrogen and oxygen atoms in total. The Morgan fingerprint density at radius 3 is 2.38 bits per heavy atom. The van der Waals surface area contributed by atoms with E-state index in [1.54, 1.807) is 18.2 Å². The molecule has 4 aromatic rings. The number of furan rings is 1. The first-order chi connectivity index (χ1) is 16.2. The van der Waals surface area contributed by atoms with E-state index in [4.69, 9.17) is 9.15 Å². The van der Waals surface area contributed by atoms with E-state index in [1.165, 1.54) is 19.2 Å². The van der Waals surface area contributed by atoms with Gasteiger partial charge in [-0.15, -0.1) is 0 Å². The lowest BCUT2D eigenvalue weighted by Gasteiger charge is -2.21. The summed E-state index contributed by atoms with van der Waals surface area (Å²) >= 11 is 0. The number of para-hydroxylation sites is 1. The summed E-state index contributed by atoms with van der Waals surface area (Å²) < 4.78 is 39.9. The number of carbonyl (C=O) groups is 1. The van der Waals surface area contributed by atoms with Gasteiger partial charge in [-0.2, -0.15) is 4.72 Å². The van der Waals surface area contributed by atoms with Crippen molar-refractivity contribution >= 4 is 43.6 Å². The van der Waals surface area contributed by atoms with Crippen molar-refractivity contribution in [3.63, 3.8) is 0 Å². The zero-order valence-corrected chi connectivity index (χ0v) is 20.4. The molecule has 0 aliphatic heterocycles. The number of aryl methyl sites for hydroxylation is 1. The van der Waals surface area contributed by atoms with Crippen molar-refractivity contribution in [2.24, 2.45) is 5.92 Å². The Labute approximate surface area is 199 Å². The van der Waals surface area contributed by atoms with Gasteiger partial charge in [0.15, 0.2) is 0 Å². The number of hydrogen-bond acceptors (Lipinski definition) is 5. The molecule has 2 N–H and O–H groups in total. The number of anilines is 1. The lowest BCUT2D eigenvalue weighted by Crippen LogP contribution is -2.44. The van der Waals surface area contributed by atoms with Crippen LogP contribution >= 0.6 is 0 Å². The van der Waals surface area contributed by atoms with E-state index in [9.17, 15) is 13.2 Å². The van der Waals surface area contributed by atoms with Crippen LogP contribution in [0.2, 0.25) is 0 Å². The average molecular weight is 481 g/mol. The summed E-state index contributed by atoms with van der Waals surface area (Å²) in [5, 5.41) is 4.64. The third-order valence-electron chi connectivity index (χ3n) is 5.61. The molecule has 0 aliphatic rings. The Morgan fingerprint density at radius 2 is 1.71 bits per heavy atom. The van der Waals surface area contributed by atoms with E-state index in [2.05, 4.69) is 10.0 Å². The molecule has 0 saturated carbocycles. The lowest BCUT2D eigenvalue weighted by atomic mass is 10.0. The molecular weight excluding hydrogens is 452 g/mol. The molecule has 0 fully saturated rings. The van der Waals surface area contributed by atoms with Gasteiger partial charge in [0, 0.05) is 16.8 Å². The third kappa shape index (κ3) is 4.93. The van der Waals surface area contributed by atoms with Gasteiger partial charge in [-0.3, -0.25) is 4.79 Å². The second-order valence-corrected chi connectivity index (χ2v) is 10.5. The molecule has 3 aromatic carbocycles. The summed E-state index contributed by atoms with van der Waals surface area (Å²) in [7, 11) is -2.37. The van der Waals surface area contributed by atoms with Gasteiger partial charge >= 0.3 is 0 Å². The number of hydrogen-bond donors (Lipinski definition) is 2. The minimum Gasteiger partial charge on any atom is -0.495 e.